The molecule has 0 saturated carbocycles. The van der Waals surface area contributed by atoms with Gasteiger partial charge in [0.1, 0.15) is 0 Å². The van der Waals surface area contributed by atoms with Crippen LogP contribution in [0.25, 0.3) is 0 Å². The summed E-state index contributed by atoms with van der Waals surface area (Å²) < 4.78 is 24.7. The van der Waals surface area contributed by atoms with Gasteiger partial charge in [-0.1, -0.05) is 19.1 Å². The summed E-state index contributed by atoms with van der Waals surface area (Å²) in [6, 6.07) is 5.87. The molecule has 0 saturated heterocycles. The molecule has 0 aromatic heterocycles. The van der Waals surface area contributed by atoms with Gasteiger partial charge in [0, 0.05) is 4.90 Å². The van der Waals surface area contributed by atoms with Crippen LogP contribution in [0.2, 0.25) is 0 Å². The van der Waals surface area contributed by atoms with Gasteiger partial charge in [-0.05, 0) is 43.6 Å². The summed E-state index contributed by atoms with van der Waals surface area (Å²) in [5, 5.41) is -0.238. The van der Waals surface area contributed by atoms with Gasteiger partial charge in [0.25, 0.3) is 0 Å². The van der Waals surface area contributed by atoms with Crippen LogP contribution in [0.5, 0.6) is 0 Å². The summed E-state index contributed by atoms with van der Waals surface area (Å²) >= 11 is 1.66. The van der Waals surface area contributed by atoms with Gasteiger partial charge in [-0.3, -0.25) is 0 Å². The van der Waals surface area contributed by atoms with Crippen molar-refractivity contribution in [3.05, 3.63) is 23.8 Å². The molecule has 1 aliphatic heterocycles. The quantitative estimate of drug-likeness (QED) is 0.790. The smallest absolute Gasteiger partial charge is 0.182 e. The standard InChI is InChI=1S/C13H18O2S2/c1-3-9-16-12-6-4-5-11-8-7-10(2)17(14,15)13(11)12/h4-6,10H,3,7-9H2,1-2H3. The van der Waals surface area contributed by atoms with Gasteiger partial charge in [0.15, 0.2) is 9.84 Å². The van der Waals surface area contributed by atoms with E-state index in [0.29, 0.717) is 4.90 Å². The molecule has 2 rings (SSSR count). The molecular formula is C13H18O2S2. The summed E-state index contributed by atoms with van der Waals surface area (Å²) in [5.74, 6) is 0.973. The van der Waals surface area contributed by atoms with E-state index in [1.165, 1.54) is 0 Å². The van der Waals surface area contributed by atoms with Gasteiger partial charge >= 0.3 is 0 Å². The Kier molecular flexibility index (Phi) is 3.83. The van der Waals surface area contributed by atoms with E-state index >= 15 is 0 Å². The average Bonchev–Trinajstić information content (AvgIpc) is 2.31. The lowest BCUT2D eigenvalue weighted by atomic mass is 10.1. The van der Waals surface area contributed by atoms with Crippen molar-refractivity contribution in [3.8, 4) is 0 Å². The molecule has 4 heteroatoms. The van der Waals surface area contributed by atoms with Crippen molar-refractivity contribution >= 4 is 21.6 Å². The fourth-order valence-corrected chi connectivity index (χ4v) is 5.22. The van der Waals surface area contributed by atoms with Crippen LogP contribution in [0.15, 0.2) is 28.0 Å². The van der Waals surface area contributed by atoms with Crippen LogP contribution in [0, 0.1) is 0 Å². The van der Waals surface area contributed by atoms with Crippen LogP contribution in [-0.4, -0.2) is 19.4 Å². The molecule has 0 amide bonds. The molecular weight excluding hydrogens is 252 g/mol. The van der Waals surface area contributed by atoms with Crippen LogP contribution < -0.4 is 0 Å². The zero-order valence-electron chi connectivity index (χ0n) is 10.3. The van der Waals surface area contributed by atoms with E-state index < -0.39 is 9.84 Å². The highest BCUT2D eigenvalue weighted by Crippen LogP contribution is 2.37. The summed E-state index contributed by atoms with van der Waals surface area (Å²) in [5.41, 5.74) is 1.00. The molecule has 1 unspecified atom stereocenters. The Labute approximate surface area is 108 Å². The van der Waals surface area contributed by atoms with Crippen LogP contribution >= 0.6 is 11.8 Å². The first-order valence-electron chi connectivity index (χ1n) is 6.06. The second-order valence-corrected chi connectivity index (χ2v) is 7.93. The minimum atomic E-state index is -3.10. The molecule has 1 aliphatic rings. The third-order valence-corrected chi connectivity index (χ3v) is 6.90. The molecule has 0 spiro atoms. The number of benzene rings is 1. The van der Waals surface area contributed by atoms with Crippen molar-refractivity contribution in [2.45, 2.75) is 48.2 Å². The Bertz CT molecular complexity index is 506. The zero-order valence-corrected chi connectivity index (χ0v) is 11.9. The fraction of sp³-hybridized carbons (Fsp3) is 0.538. The lowest BCUT2D eigenvalue weighted by Gasteiger charge is -2.24. The zero-order chi connectivity index (χ0) is 12.5. The van der Waals surface area contributed by atoms with Gasteiger partial charge in [0.05, 0.1) is 10.1 Å². The van der Waals surface area contributed by atoms with Crippen LogP contribution in [0.3, 0.4) is 0 Å². The van der Waals surface area contributed by atoms with Crippen molar-refractivity contribution in [2.75, 3.05) is 5.75 Å². The minimum Gasteiger partial charge on any atom is -0.223 e. The van der Waals surface area contributed by atoms with Crippen LogP contribution in [0.4, 0.5) is 0 Å². The second kappa shape index (κ2) is 5.02. The van der Waals surface area contributed by atoms with E-state index in [1.54, 1.807) is 11.8 Å². The first-order chi connectivity index (χ1) is 8.07. The monoisotopic (exact) mass is 270 g/mol. The maximum Gasteiger partial charge on any atom is 0.182 e. The molecule has 1 aromatic carbocycles. The Balaban J connectivity index is 2.51. The number of thioether (sulfide) groups is 1. The molecule has 0 aliphatic carbocycles. The van der Waals surface area contributed by atoms with Gasteiger partial charge in [-0.2, -0.15) is 0 Å². The molecule has 0 N–H and O–H groups in total. The van der Waals surface area contributed by atoms with Gasteiger partial charge in [-0.25, -0.2) is 8.42 Å². The molecule has 0 bridgehead atoms. The number of hydrogen-bond acceptors (Lipinski definition) is 3. The minimum absolute atomic E-state index is 0.238. The van der Waals surface area contributed by atoms with Crippen molar-refractivity contribution < 1.29 is 8.42 Å². The Morgan fingerprint density at radius 1 is 1.41 bits per heavy atom. The molecule has 0 fully saturated rings. The fourth-order valence-electron chi connectivity index (χ4n) is 2.12. The highest BCUT2D eigenvalue weighted by Gasteiger charge is 2.32. The molecule has 1 aromatic rings. The molecule has 0 radical (unpaired) electrons. The van der Waals surface area contributed by atoms with Crippen molar-refractivity contribution in [1.82, 2.24) is 0 Å². The van der Waals surface area contributed by atoms with E-state index in [1.807, 2.05) is 25.1 Å². The maximum atomic E-state index is 12.4. The van der Waals surface area contributed by atoms with E-state index in [-0.39, 0.29) is 5.25 Å². The first kappa shape index (κ1) is 13.0. The van der Waals surface area contributed by atoms with E-state index in [2.05, 4.69) is 6.92 Å². The number of sulfone groups is 1. The Hall–Kier alpha value is -0.480. The molecule has 1 atom stereocenters. The third kappa shape index (κ3) is 2.38. The van der Waals surface area contributed by atoms with Crippen molar-refractivity contribution in [3.63, 3.8) is 0 Å². The molecule has 2 nitrogen and oxygen atoms in total. The summed E-state index contributed by atoms with van der Waals surface area (Å²) in [6.07, 6.45) is 2.69. The highest BCUT2D eigenvalue weighted by atomic mass is 32.2. The normalized spacial score (nSPS) is 22.1. The molecule has 17 heavy (non-hydrogen) atoms. The lowest BCUT2D eigenvalue weighted by molar-refractivity contribution is 0.563. The van der Waals surface area contributed by atoms with E-state index in [4.69, 9.17) is 0 Å². The summed E-state index contributed by atoms with van der Waals surface area (Å²) in [6.45, 7) is 3.93. The van der Waals surface area contributed by atoms with Crippen molar-refractivity contribution in [1.29, 1.82) is 0 Å². The first-order valence-corrected chi connectivity index (χ1v) is 8.59. The highest BCUT2D eigenvalue weighted by molar-refractivity contribution is 8.00. The molecule has 94 valence electrons. The van der Waals surface area contributed by atoms with Gasteiger partial charge in [-0.15, -0.1) is 11.8 Å². The van der Waals surface area contributed by atoms with Crippen LogP contribution in [0.1, 0.15) is 32.3 Å². The van der Waals surface area contributed by atoms with Gasteiger partial charge < -0.3 is 0 Å². The average molecular weight is 270 g/mol. The topological polar surface area (TPSA) is 34.1 Å². The number of fused-ring (bicyclic) bond motifs is 1. The van der Waals surface area contributed by atoms with Crippen molar-refractivity contribution in [2.24, 2.45) is 0 Å². The SMILES string of the molecule is CCCSc1cccc2c1S(=O)(=O)C(C)CC2. The molecule has 1 heterocycles. The summed E-state index contributed by atoms with van der Waals surface area (Å²) in [4.78, 5) is 1.55. The Morgan fingerprint density at radius 3 is 2.88 bits per heavy atom. The lowest BCUT2D eigenvalue weighted by Crippen LogP contribution is -2.25. The maximum absolute atomic E-state index is 12.4. The Morgan fingerprint density at radius 2 is 2.18 bits per heavy atom. The number of aryl methyl sites for hydroxylation is 1. The predicted octanol–water partition coefficient (Wildman–Crippen LogP) is 3.30. The third-order valence-electron chi connectivity index (χ3n) is 3.16. The van der Waals surface area contributed by atoms with E-state index in [0.717, 1.165) is 35.5 Å². The van der Waals surface area contributed by atoms with Gasteiger partial charge in [0.2, 0.25) is 0 Å². The second-order valence-electron chi connectivity index (χ2n) is 4.49. The predicted molar refractivity (Wildman–Crippen MR) is 72.4 cm³/mol. The number of hydrogen-bond donors (Lipinski definition) is 0. The van der Waals surface area contributed by atoms with Crippen LogP contribution in [-0.2, 0) is 16.3 Å². The summed E-state index contributed by atoms with van der Waals surface area (Å²) in [7, 11) is -3.10. The van der Waals surface area contributed by atoms with E-state index in [9.17, 15) is 8.42 Å². The largest absolute Gasteiger partial charge is 0.223 e. The number of rotatable bonds is 3.